The minimum Gasteiger partial charge on any atom is -0.376 e. The van der Waals surface area contributed by atoms with Crippen LogP contribution in [0.3, 0.4) is 0 Å². The molecule has 0 aromatic heterocycles. The van der Waals surface area contributed by atoms with E-state index in [0.29, 0.717) is 11.8 Å². The Morgan fingerprint density at radius 2 is 1.31 bits per heavy atom. The van der Waals surface area contributed by atoms with Gasteiger partial charge in [-0.3, -0.25) is 0 Å². The molecule has 0 bridgehead atoms. The first-order valence-electron chi connectivity index (χ1n) is 9.95. The summed E-state index contributed by atoms with van der Waals surface area (Å²) in [5.41, 5.74) is 2.41. The predicted octanol–water partition coefficient (Wildman–Crippen LogP) is 5.70. The smallest absolute Gasteiger partial charge is 0.0598 e. The van der Waals surface area contributed by atoms with Gasteiger partial charge in [-0.15, -0.1) is 0 Å². The average Bonchev–Trinajstić information content (AvgIpc) is 2.49. The fourth-order valence-electron chi connectivity index (χ4n) is 2.75. The number of nitrogens with zero attached hydrogens (tertiary/aromatic N) is 1. The van der Waals surface area contributed by atoms with Crippen LogP contribution < -0.4 is 4.90 Å². The van der Waals surface area contributed by atoms with Crippen molar-refractivity contribution in [2.75, 3.05) is 31.2 Å². The van der Waals surface area contributed by atoms with Gasteiger partial charge in [-0.1, -0.05) is 26.0 Å². The Morgan fingerprint density at radius 1 is 0.846 bits per heavy atom. The summed E-state index contributed by atoms with van der Waals surface area (Å²) in [5.74, 6) is 0.927. The Morgan fingerprint density at radius 3 is 1.69 bits per heavy atom. The number of aryl methyl sites for hydroxylation is 1. The second kappa shape index (κ2) is 9.75. The van der Waals surface area contributed by atoms with Gasteiger partial charge in [0.2, 0.25) is 0 Å². The molecule has 0 fully saturated rings. The maximum absolute atomic E-state index is 6.00. The molecule has 0 aliphatic heterocycles. The highest BCUT2D eigenvalue weighted by Gasteiger charge is 2.19. The second-order valence-corrected chi connectivity index (χ2v) is 9.80. The predicted molar refractivity (Wildman–Crippen MR) is 113 cm³/mol. The van der Waals surface area contributed by atoms with Gasteiger partial charge in [0, 0.05) is 18.8 Å². The average molecular weight is 364 g/mol. The van der Waals surface area contributed by atoms with E-state index in [1.807, 2.05) is 0 Å². The van der Waals surface area contributed by atoms with Crippen molar-refractivity contribution in [1.82, 2.24) is 0 Å². The Bertz CT molecular complexity index is 502. The highest BCUT2D eigenvalue weighted by atomic mass is 16.5. The van der Waals surface area contributed by atoms with Crippen LogP contribution in [0.25, 0.3) is 0 Å². The molecule has 0 heterocycles. The zero-order valence-electron chi connectivity index (χ0n) is 18.6. The lowest BCUT2D eigenvalue weighted by Gasteiger charge is -2.32. The molecule has 0 saturated carbocycles. The largest absolute Gasteiger partial charge is 0.376 e. The molecule has 0 amide bonds. The number of rotatable bonds is 9. The van der Waals surface area contributed by atoms with Crippen molar-refractivity contribution in [3.63, 3.8) is 0 Å². The summed E-state index contributed by atoms with van der Waals surface area (Å²) in [7, 11) is 0. The first-order chi connectivity index (χ1) is 11.9. The molecule has 1 rings (SSSR count). The fourth-order valence-corrected chi connectivity index (χ4v) is 2.75. The third kappa shape index (κ3) is 10.2. The molecule has 0 aliphatic carbocycles. The van der Waals surface area contributed by atoms with E-state index < -0.39 is 0 Å². The molecule has 0 aliphatic rings. The monoisotopic (exact) mass is 363 g/mol. The molecule has 3 nitrogen and oxygen atoms in total. The Kier molecular flexibility index (Phi) is 8.62. The van der Waals surface area contributed by atoms with Gasteiger partial charge < -0.3 is 14.4 Å². The van der Waals surface area contributed by atoms with Gasteiger partial charge in [0.25, 0.3) is 0 Å². The van der Waals surface area contributed by atoms with Crippen molar-refractivity contribution in [2.45, 2.75) is 73.5 Å². The zero-order chi connectivity index (χ0) is 20.0. The number of hydrogen-bond acceptors (Lipinski definition) is 3. The molecule has 0 saturated heterocycles. The summed E-state index contributed by atoms with van der Waals surface area (Å²) in [6.07, 6.45) is 0. The standard InChI is InChI=1S/C23H41NO2/c1-18-11-10-12-21(13-18)24(14-19(2)16-25-22(4,5)6)15-20(3)17-26-23(7,8)9/h10-13,19-20H,14-17H2,1-9H3. The summed E-state index contributed by atoms with van der Waals surface area (Å²) < 4.78 is 12.0. The van der Waals surface area contributed by atoms with Gasteiger partial charge in [-0.25, -0.2) is 0 Å². The summed E-state index contributed by atoms with van der Waals surface area (Å²) in [6.45, 7) is 22.9. The Balaban J connectivity index is 2.76. The van der Waals surface area contributed by atoms with E-state index in [1.165, 1.54) is 11.3 Å². The van der Waals surface area contributed by atoms with Crippen molar-refractivity contribution in [1.29, 1.82) is 0 Å². The van der Waals surface area contributed by atoms with Crippen LogP contribution in [0.4, 0.5) is 5.69 Å². The summed E-state index contributed by atoms with van der Waals surface area (Å²) in [6, 6.07) is 8.78. The molecule has 0 radical (unpaired) electrons. The van der Waals surface area contributed by atoms with Gasteiger partial charge in [-0.05, 0) is 78.0 Å². The molecule has 0 N–H and O–H groups in total. The zero-order valence-corrected chi connectivity index (χ0v) is 18.6. The van der Waals surface area contributed by atoms with Gasteiger partial charge in [-0.2, -0.15) is 0 Å². The lowest BCUT2D eigenvalue weighted by atomic mass is 10.1. The molecule has 1 aromatic carbocycles. The first-order valence-corrected chi connectivity index (χ1v) is 9.95. The summed E-state index contributed by atoms with van der Waals surface area (Å²) >= 11 is 0. The normalized spacial score (nSPS) is 15.0. The Labute approximate surface area is 162 Å². The van der Waals surface area contributed by atoms with Gasteiger partial charge in [0.15, 0.2) is 0 Å². The lowest BCUT2D eigenvalue weighted by molar-refractivity contribution is -0.0210. The maximum atomic E-state index is 6.00. The molecule has 150 valence electrons. The second-order valence-electron chi connectivity index (χ2n) is 9.80. The minimum atomic E-state index is -0.0870. The molecule has 1 aromatic rings. The topological polar surface area (TPSA) is 21.7 Å². The van der Waals surface area contributed by atoms with Crippen LogP contribution in [0.1, 0.15) is 61.0 Å². The van der Waals surface area contributed by atoms with Crippen LogP contribution in [0.2, 0.25) is 0 Å². The quantitative estimate of drug-likeness (QED) is 0.561. The maximum Gasteiger partial charge on any atom is 0.0598 e. The van der Waals surface area contributed by atoms with Crippen LogP contribution in [0.15, 0.2) is 24.3 Å². The van der Waals surface area contributed by atoms with E-state index in [1.54, 1.807) is 0 Å². The van der Waals surface area contributed by atoms with Crippen LogP contribution >= 0.6 is 0 Å². The van der Waals surface area contributed by atoms with Crippen LogP contribution in [-0.2, 0) is 9.47 Å². The molecule has 2 atom stereocenters. The van der Waals surface area contributed by atoms with E-state index >= 15 is 0 Å². The van der Waals surface area contributed by atoms with Crippen LogP contribution in [0.5, 0.6) is 0 Å². The van der Waals surface area contributed by atoms with Crippen molar-refractivity contribution < 1.29 is 9.47 Å². The van der Waals surface area contributed by atoms with E-state index in [2.05, 4.69) is 91.5 Å². The number of hydrogen-bond donors (Lipinski definition) is 0. The first kappa shape index (κ1) is 23.0. The number of benzene rings is 1. The molecule has 2 unspecified atom stereocenters. The number of anilines is 1. The van der Waals surface area contributed by atoms with Crippen molar-refractivity contribution in [2.24, 2.45) is 11.8 Å². The van der Waals surface area contributed by atoms with Gasteiger partial charge in [0.05, 0.1) is 24.4 Å². The molecule has 3 heteroatoms. The van der Waals surface area contributed by atoms with Crippen molar-refractivity contribution in [3.8, 4) is 0 Å². The minimum absolute atomic E-state index is 0.0870. The van der Waals surface area contributed by atoms with Crippen LogP contribution in [0, 0.1) is 18.8 Å². The van der Waals surface area contributed by atoms with Gasteiger partial charge in [0.1, 0.15) is 0 Å². The highest BCUT2D eigenvalue weighted by molar-refractivity contribution is 5.48. The molecule has 0 spiro atoms. The van der Waals surface area contributed by atoms with Crippen molar-refractivity contribution >= 4 is 5.69 Å². The SMILES string of the molecule is Cc1cccc(N(CC(C)COC(C)(C)C)CC(C)COC(C)(C)C)c1. The van der Waals surface area contributed by atoms with E-state index in [0.717, 1.165) is 26.3 Å². The van der Waals surface area contributed by atoms with E-state index in [-0.39, 0.29) is 11.2 Å². The van der Waals surface area contributed by atoms with E-state index in [4.69, 9.17) is 9.47 Å². The molecule has 26 heavy (non-hydrogen) atoms. The van der Waals surface area contributed by atoms with E-state index in [9.17, 15) is 0 Å². The molecular formula is C23H41NO2. The number of ether oxygens (including phenoxy) is 2. The summed E-state index contributed by atoms with van der Waals surface area (Å²) in [4.78, 5) is 2.49. The summed E-state index contributed by atoms with van der Waals surface area (Å²) in [5, 5.41) is 0. The Hall–Kier alpha value is -1.06. The molecular weight excluding hydrogens is 322 g/mol. The third-order valence-electron chi connectivity index (χ3n) is 4.03. The van der Waals surface area contributed by atoms with Crippen LogP contribution in [-0.4, -0.2) is 37.5 Å². The highest BCUT2D eigenvalue weighted by Crippen LogP contribution is 2.21. The fraction of sp³-hybridized carbons (Fsp3) is 0.739. The van der Waals surface area contributed by atoms with Gasteiger partial charge >= 0.3 is 0 Å². The third-order valence-corrected chi connectivity index (χ3v) is 4.03. The lowest BCUT2D eigenvalue weighted by Crippen LogP contribution is -2.37. The van der Waals surface area contributed by atoms with Crippen molar-refractivity contribution in [3.05, 3.63) is 29.8 Å².